The van der Waals surface area contributed by atoms with Crippen LogP contribution in [0.4, 0.5) is 5.69 Å². The lowest BCUT2D eigenvalue weighted by Crippen LogP contribution is -2.42. The van der Waals surface area contributed by atoms with Gasteiger partial charge in [-0.2, -0.15) is 0 Å². The van der Waals surface area contributed by atoms with Crippen molar-refractivity contribution in [2.45, 2.75) is 25.7 Å². The molecule has 1 atom stereocenters. The van der Waals surface area contributed by atoms with Crippen LogP contribution in [0.25, 0.3) is 0 Å². The molecule has 0 bridgehead atoms. The van der Waals surface area contributed by atoms with Crippen LogP contribution in [0, 0.1) is 11.8 Å². The summed E-state index contributed by atoms with van der Waals surface area (Å²) in [6.45, 7) is 2.05. The van der Waals surface area contributed by atoms with E-state index in [1.54, 1.807) is 17.0 Å². The van der Waals surface area contributed by atoms with Crippen LogP contribution in [0.2, 0.25) is 5.02 Å². The zero-order valence-electron chi connectivity index (χ0n) is 15.9. The molecule has 28 heavy (non-hydrogen) atoms. The van der Waals surface area contributed by atoms with Crippen molar-refractivity contribution in [3.05, 3.63) is 65.2 Å². The van der Waals surface area contributed by atoms with Crippen LogP contribution in [0.3, 0.4) is 0 Å². The molecule has 5 heteroatoms. The Labute approximate surface area is 171 Å². The number of piperidine rings is 1. The Morgan fingerprint density at radius 3 is 2.36 bits per heavy atom. The van der Waals surface area contributed by atoms with Gasteiger partial charge in [0.1, 0.15) is 0 Å². The molecule has 1 unspecified atom stereocenters. The van der Waals surface area contributed by atoms with Gasteiger partial charge in [0.15, 0.2) is 0 Å². The van der Waals surface area contributed by atoms with Crippen LogP contribution < -0.4 is 4.90 Å². The molecule has 0 aromatic heterocycles. The molecule has 0 saturated carbocycles. The highest BCUT2D eigenvalue weighted by Gasteiger charge is 2.38. The second-order valence-corrected chi connectivity index (χ2v) is 8.28. The Balaban J connectivity index is 1.32. The highest BCUT2D eigenvalue weighted by atomic mass is 35.5. The average Bonchev–Trinajstić information content (AvgIpc) is 3.11. The SMILES string of the molecule is O=C(C1CC(=O)N(c2ccc(Cl)cc2)C1)N1CCC(Cc2ccccc2)CC1. The first-order valence-electron chi connectivity index (χ1n) is 9.99. The molecule has 146 valence electrons. The standard InChI is InChI=1S/C23H25ClN2O2/c24-20-6-8-21(9-7-20)26-16-19(15-22(26)27)23(28)25-12-10-18(11-13-25)14-17-4-2-1-3-5-17/h1-9,18-19H,10-16H2. The maximum absolute atomic E-state index is 13.0. The zero-order chi connectivity index (χ0) is 19.5. The van der Waals surface area contributed by atoms with Crippen LogP contribution >= 0.6 is 11.6 Å². The van der Waals surface area contributed by atoms with Crippen LogP contribution in [-0.4, -0.2) is 36.3 Å². The largest absolute Gasteiger partial charge is 0.342 e. The molecule has 4 rings (SSSR count). The third-order valence-electron chi connectivity index (χ3n) is 5.91. The van der Waals surface area contributed by atoms with Gasteiger partial charge in [-0.3, -0.25) is 9.59 Å². The number of rotatable bonds is 4. The number of hydrogen-bond donors (Lipinski definition) is 0. The maximum atomic E-state index is 13.0. The molecule has 2 saturated heterocycles. The van der Waals surface area contributed by atoms with Crippen LogP contribution in [0.1, 0.15) is 24.8 Å². The average molecular weight is 397 g/mol. The van der Waals surface area contributed by atoms with E-state index in [-0.39, 0.29) is 17.7 Å². The number of carbonyl (C=O) groups is 2. The first kappa shape index (κ1) is 19.0. The van der Waals surface area contributed by atoms with E-state index >= 15 is 0 Å². The zero-order valence-corrected chi connectivity index (χ0v) is 16.6. The summed E-state index contributed by atoms with van der Waals surface area (Å²) in [5.74, 6) is 0.527. The minimum Gasteiger partial charge on any atom is -0.342 e. The van der Waals surface area contributed by atoms with E-state index in [2.05, 4.69) is 24.3 Å². The van der Waals surface area contributed by atoms with Crippen molar-refractivity contribution in [1.82, 2.24) is 4.90 Å². The van der Waals surface area contributed by atoms with E-state index in [1.807, 2.05) is 23.1 Å². The molecule has 2 aliphatic heterocycles. The second-order valence-electron chi connectivity index (χ2n) is 7.84. The molecule has 0 spiro atoms. The summed E-state index contributed by atoms with van der Waals surface area (Å²) >= 11 is 5.93. The third kappa shape index (κ3) is 4.22. The minimum atomic E-state index is -0.242. The number of anilines is 1. The normalized spacial score (nSPS) is 20.6. The number of nitrogens with zero attached hydrogens (tertiary/aromatic N) is 2. The van der Waals surface area contributed by atoms with Crippen LogP contribution in [-0.2, 0) is 16.0 Å². The summed E-state index contributed by atoms with van der Waals surface area (Å²) in [7, 11) is 0. The number of carbonyl (C=O) groups excluding carboxylic acids is 2. The van der Waals surface area contributed by atoms with Gasteiger partial charge < -0.3 is 9.80 Å². The first-order chi connectivity index (χ1) is 13.6. The third-order valence-corrected chi connectivity index (χ3v) is 6.16. The topological polar surface area (TPSA) is 40.6 Å². The highest BCUT2D eigenvalue weighted by Crippen LogP contribution is 2.29. The molecule has 0 radical (unpaired) electrons. The molecular formula is C23H25ClN2O2. The van der Waals surface area contributed by atoms with Gasteiger partial charge in [-0.15, -0.1) is 0 Å². The molecular weight excluding hydrogens is 372 g/mol. The highest BCUT2D eigenvalue weighted by molar-refractivity contribution is 6.30. The number of amides is 2. The summed E-state index contributed by atoms with van der Waals surface area (Å²) in [6.07, 6.45) is 3.44. The summed E-state index contributed by atoms with van der Waals surface area (Å²) < 4.78 is 0. The van der Waals surface area contributed by atoms with Gasteiger partial charge in [0.05, 0.1) is 5.92 Å². The second kappa shape index (κ2) is 8.36. The minimum absolute atomic E-state index is 0.0136. The van der Waals surface area contributed by atoms with Gasteiger partial charge >= 0.3 is 0 Å². The van der Waals surface area contributed by atoms with Crippen molar-refractivity contribution in [2.24, 2.45) is 11.8 Å². The quantitative estimate of drug-likeness (QED) is 0.778. The predicted molar refractivity (Wildman–Crippen MR) is 111 cm³/mol. The van der Waals surface area contributed by atoms with Crippen molar-refractivity contribution >= 4 is 29.1 Å². The Kier molecular flexibility index (Phi) is 5.67. The summed E-state index contributed by atoms with van der Waals surface area (Å²) in [5.41, 5.74) is 2.18. The van der Waals surface area contributed by atoms with Crippen molar-refractivity contribution < 1.29 is 9.59 Å². The van der Waals surface area contributed by atoms with E-state index < -0.39 is 0 Å². The molecule has 2 amide bonds. The van der Waals surface area contributed by atoms with Gasteiger partial charge in [0, 0.05) is 36.8 Å². The predicted octanol–water partition coefficient (Wildman–Crippen LogP) is 4.17. The Morgan fingerprint density at radius 1 is 1.00 bits per heavy atom. The van der Waals surface area contributed by atoms with Gasteiger partial charge in [-0.25, -0.2) is 0 Å². The lowest BCUT2D eigenvalue weighted by atomic mass is 9.89. The maximum Gasteiger partial charge on any atom is 0.228 e. The fourth-order valence-electron chi connectivity index (χ4n) is 4.31. The van der Waals surface area contributed by atoms with E-state index in [1.165, 1.54) is 5.56 Å². The first-order valence-corrected chi connectivity index (χ1v) is 10.4. The van der Waals surface area contributed by atoms with Crippen molar-refractivity contribution in [3.63, 3.8) is 0 Å². The lowest BCUT2D eigenvalue weighted by molar-refractivity contribution is -0.137. The van der Waals surface area contributed by atoms with Crippen molar-refractivity contribution in [2.75, 3.05) is 24.5 Å². The van der Waals surface area contributed by atoms with E-state index in [0.717, 1.165) is 38.0 Å². The lowest BCUT2D eigenvalue weighted by Gasteiger charge is -2.33. The van der Waals surface area contributed by atoms with Crippen LogP contribution in [0.15, 0.2) is 54.6 Å². The molecule has 4 nitrogen and oxygen atoms in total. The van der Waals surface area contributed by atoms with Crippen molar-refractivity contribution in [1.29, 1.82) is 0 Å². The molecule has 0 aliphatic carbocycles. The van der Waals surface area contributed by atoms with Crippen molar-refractivity contribution in [3.8, 4) is 0 Å². The fourth-order valence-corrected chi connectivity index (χ4v) is 4.43. The number of halogens is 1. The Hall–Kier alpha value is -2.33. The fraction of sp³-hybridized carbons (Fsp3) is 0.391. The Morgan fingerprint density at radius 2 is 1.68 bits per heavy atom. The number of hydrogen-bond acceptors (Lipinski definition) is 2. The molecule has 2 aromatic carbocycles. The van der Waals surface area contributed by atoms with E-state index in [0.29, 0.717) is 23.9 Å². The summed E-state index contributed by atoms with van der Waals surface area (Å²) in [4.78, 5) is 29.1. The molecule has 2 fully saturated rings. The molecule has 2 aromatic rings. The van der Waals surface area contributed by atoms with Gasteiger partial charge in [0.25, 0.3) is 0 Å². The monoisotopic (exact) mass is 396 g/mol. The smallest absolute Gasteiger partial charge is 0.228 e. The molecule has 2 heterocycles. The summed E-state index contributed by atoms with van der Waals surface area (Å²) in [5, 5.41) is 0.640. The Bertz CT molecular complexity index is 829. The summed E-state index contributed by atoms with van der Waals surface area (Å²) in [6, 6.07) is 17.8. The van der Waals surface area contributed by atoms with E-state index in [4.69, 9.17) is 11.6 Å². The van der Waals surface area contributed by atoms with Gasteiger partial charge in [0.2, 0.25) is 11.8 Å². The number of benzene rings is 2. The van der Waals surface area contributed by atoms with Gasteiger partial charge in [-0.1, -0.05) is 41.9 Å². The molecule has 0 N–H and O–H groups in total. The van der Waals surface area contributed by atoms with Crippen LogP contribution in [0.5, 0.6) is 0 Å². The van der Waals surface area contributed by atoms with Gasteiger partial charge in [-0.05, 0) is 55.0 Å². The molecule has 2 aliphatic rings. The van der Waals surface area contributed by atoms with E-state index in [9.17, 15) is 9.59 Å². The number of likely N-dealkylation sites (tertiary alicyclic amines) is 1.